The zero-order valence-electron chi connectivity index (χ0n) is 28.4. The maximum atomic E-state index is 8.75. The minimum atomic E-state index is -1.33. The molecule has 45 heavy (non-hydrogen) atoms. The van der Waals surface area contributed by atoms with Gasteiger partial charge in [-0.05, 0) is 38.1 Å². The SMILES string of the molecule is C=CCCl.CC.CC.CC=C(C#N)C#N.C[Si](C)(C)C#N.[C-]#[N+]C(C#N)(CC=C)C(C)C#N.c1ccncc1.c1ccncc1. The van der Waals surface area contributed by atoms with Gasteiger partial charge in [0, 0.05) is 36.4 Å². The third-order valence-electron chi connectivity index (χ3n) is 3.87. The highest BCUT2D eigenvalue weighted by Gasteiger charge is 2.42. The van der Waals surface area contributed by atoms with Gasteiger partial charge in [-0.3, -0.25) is 14.8 Å². The Morgan fingerprint density at radius 2 is 1.22 bits per heavy atom. The van der Waals surface area contributed by atoms with Crippen molar-refractivity contribution < 1.29 is 0 Å². The summed E-state index contributed by atoms with van der Waals surface area (Å²) in [6.45, 7) is 30.9. The zero-order valence-corrected chi connectivity index (χ0v) is 30.1. The van der Waals surface area contributed by atoms with Crippen LogP contribution in [0.15, 0.2) is 98.1 Å². The highest BCUT2D eigenvalue weighted by atomic mass is 35.5. The molecule has 2 heterocycles. The lowest BCUT2D eigenvalue weighted by molar-refractivity contribution is 0.516. The van der Waals surface area contributed by atoms with E-state index in [-0.39, 0.29) is 12.0 Å². The molecule has 0 saturated heterocycles. The molecule has 2 aromatic heterocycles. The summed E-state index contributed by atoms with van der Waals surface area (Å²) in [6.07, 6.45) is 11.8. The lowest BCUT2D eigenvalue weighted by Gasteiger charge is -2.13. The minimum absolute atomic E-state index is 0.167. The number of halogens is 1. The van der Waals surface area contributed by atoms with Crippen LogP contribution in [0, 0.1) is 68.8 Å². The number of alkyl halides is 1. The van der Waals surface area contributed by atoms with Crippen LogP contribution in [0.4, 0.5) is 0 Å². The van der Waals surface area contributed by atoms with Gasteiger partial charge in [0.2, 0.25) is 0 Å². The van der Waals surface area contributed by atoms with E-state index in [1.54, 1.807) is 56.8 Å². The second kappa shape index (κ2) is 43.4. The summed E-state index contributed by atoms with van der Waals surface area (Å²) in [5.41, 5.74) is 1.17. The van der Waals surface area contributed by atoms with E-state index in [1.165, 1.54) is 12.2 Å². The summed E-state index contributed by atoms with van der Waals surface area (Å²) in [4.78, 5) is 10.8. The van der Waals surface area contributed by atoms with Gasteiger partial charge in [-0.15, -0.1) is 24.8 Å². The maximum absolute atomic E-state index is 8.75. The molecule has 0 amide bonds. The van der Waals surface area contributed by atoms with Crippen molar-refractivity contribution >= 4 is 19.7 Å². The molecule has 0 aliphatic rings. The Balaban J connectivity index is -0.000000102. The molecule has 0 bridgehead atoms. The number of aromatic nitrogens is 2. The van der Waals surface area contributed by atoms with Gasteiger partial charge >= 0.3 is 5.54 Å². The first kappa shape index (κ1) is 52.6. The van der Waals surface area contributed by atoms with Gasteiger partial charge in [0.1, 0.15) is 23.6 Å². The second-order valence-electron chi connectivity index (χ2n) is 8.27. The molecule has 0 aliphatic carbocycles. The van der Waals surface area contributed by atoms with E-state index in [9.17, 15) is 0 Å². The van der Waals surface area contributed by atoms with Crippen LogP contribution in [0.25, 0.3) is 4.85 Å². The van der Waals surface area contributed by atoms with Crippen molar-refractivity contribution in [1.29, 1.82) is 26.3 Å². The van der Waals surface area contributed by atoms with Crippen molar-refractivity contribution in [2.45, 2.75) is 73.1 Å². The average molecular weight is 645 g/mol. The van der Waals surface area contributed by atoms with E-state index in [4.69, 9.17) is 44.5 Å². The van der Waals surface area contributed by atoms with Crippen molar-refractivity contribution in [2.24, 2.45) is 5.92 Å². The van der Waals surface area contributed by atoms with Gasteiger partial charge < -0.3 is 0 Å². The van der Waals surface area contributed by atoms with E-state index >= 15 is 0 Å². The fourth-order valence-electron chi connectivity index (χ4n) is 1.59. The van der Waals surface area contributed by atoms with Crippen LogP contribution >= 0.6 is 11.6 Å². The molecule has 0 spiro atoms. The van der Waals surface area contributed by atoms with Crippen molar-refractivity contribution in [3.05, 3.63) is 110 Å². The van der Waals surface area contributed by atoms with E-state index in [0.717, 1.165) is 0 Å². The van der Waals surface area contributed by atoms with Gasteiger partial charge in [-0.25, -0.2) is 11.8 Å². The fraction of sp³-hybridized carbons (Fsp3) is 0.371. The van der Waals surface area contributed by atoms with Crippen LogP contribution in [-0.4, -0.2) is 29.5 Å². The van der Waals surface area contributed by atoms with Gasteiger partial charge in [-0.2, -0.15) is 21.0 Å². The van der Waals surface area contributed by atoms with Gasteiger partial charge in [0.15, 0.2) is 14.1 Å². The summed E-state index contributed by atoms with van der Waals surface area (Å²) in [6, 6.07) is 18.6. The summed E-state index contributed by atoms with van der Waals surface area (Å²) in [5.74, 6) is -0.0296. The van der Waals surface area contributed by atoms with E-state index < -0.39 is 19.5 Å². The van der Waals surface area contributed by atoms with Crippen LogP contribution in [0.1, 0.15) is 48.0 Å². The van der Waals surface area contributed by atoms with E-state index in [0.29, 0.717) is 5.88 Å². The van der Waals surface area contributed by atoms with Gasteiger partial charge in [0.05, 0.1) is 12.5 Å². The Morgan fingerprint density at radius 3 is 1.31 bits per heavy atom. The second-order valence-corrected chi connectivity index (χ2v) is 13.3. The molecule has 240 valence electrons. The predicted octanol–water partition coefficient (Wildman–Crippen LogP) is 9.90. The lowest BCUT2D eigenvalue weighted by Crippen LogP contribution is -2.29. The summed E-state index contributed by atoms with van der Waals surface area (Å²) < 4.78 is 0. The maximum Gasteiger partial charge on any atom is 0.334 e. The standard InChI is InChI=1S/C9H9N3.C5H4N2.2C5H5N.C4H9NSi.C3H5Cl.2C2H6/c1-4-5-9(7-11,12-3)8(2)6-10;1-2-5(3-6)4-7;2*1-2-4-6-5-3-1;1-6(2,3)4-5;1-2-3-4;2*1-2/h4,8H,1,5H2,2H3;2H,1H3;2*1-5H;1-3H3;2H,1,3H2;2*1-2H3. The Kier molecular flexibility index (Phi) is 50.8. The first-order chi connectivity index (χ1) is 21.5. The molecule has 2 atom stereocenters. The van der Waals surface area contributed by atoms with Crippen LogP contribution in [0.2, 0.25) is 19.6 Å². The van der Waals surface area contributed by atoms with Crippen LogP contribution in [0.5, 0.6) is 0 Å². The molecule has 2 rings (SSSR count). The topological polar surface area (TPSA) is 149 Å². The highest BCUT2D eigenvalue weighted by Crippen LogP contribution is 2.25. The third-order valence-corrected chi connectivity index (χ3v) is 4.75. The van der Waals surface area contributed by atoms with Crippen molar-refractivity contribution in [1.82, 2.24) is 9.97 Å². The number of hydrogen-bond acceptors (Lipinski definition) is 7. The van der Waals surface area contributed by atoms with Crippen molar-refractivity contribution in [3.8, 4) is 30.0 Å². The molecule has 8 nitrogen and oxygen atoms in total. The zero-order chi connectivity index (χ0) is 36.4. The van der Waals surface area contributed by atoms with Crippen molar-refractivity contribution in [2.75, 3.05) is 5.88 Å². The number of allylic oxidation sites excluding steroid dienone is 3. The molecule has 0 radical (unpaired) electrons. The van der Waals surface area contributed by atoms with Crippen LogP contribution in [0.3, 0.4) is 0 Å². The number of hydrogen-bond donors (Lipinski definition) is 0. The number of pyridine rings is 2. The number of nitriles is 5. The smallest absolute Gasteiger partial charge is 0.292 e. The van der Waals surface area contributed by atoms with E-state index in [2.05, 4.69) is 33.7 Å². The van der Waals surface area contributed by atoms with Crippen LogP contribution < -0.4 is 0 Å². The summed E-state index contributed by atoms with van der Waals surface area (Å²) >= 11 is 5.07. The average Bonchev–Trinajstić information content (AvgIpc) is 3.12. The summed E-state index contributed by atoms with van der Waals surface area (Å²) in [7, 11) is -1.33. The molecule has 10 heteroatoms. The molecular weight excluding hydrogens is 596 g/mol. The molecule has 0 N–H and O–H groups in total. The number of rotatable bonds is 4. The Labute approximate surface area is 279 Å². The molecule has 2 unspecified atom stereocenters. The Morgan fingerprint density at radius 1 is 0.867 bits per heavy atom. The Bertz CT molecular complexity index is 1100. The summed E-state index contributed by atoms with van der Waals surface area (Å²) in [5, 5.41) is 41.5. The third kappa shape index (κ3) is 43.6. The highest BCUT2D eigenvalue weighted by molar-refractivity contribution is 6.83. The normalized spacial score (nSPS) is 9.42. The van der Waals surface area contributed by atoms with E-state index in [1.807, 2.05) is 95.9 Å². The lowest BCUT2D eigenvalue weighted by atomic mass is 9.85. The van der Waals surface area contributed by atoms with Gasteiger partial charge in [0.25, 0.3) is 0 Å². The van der Waals surface area contributed by atoms with Crippen LogP contribution in [-0.2, 0) is 0 Å². The van der Waals surface area contributed by atoms with Crippen molar-refractivity contribution in [3.63, 3.8) is 0 Å². The monoisotopic (exact) mass is 644 g/mol. The molecule has 0 aliphatic heterocycles. The Hall–Kier alpha value is -5.03. The quantitative estimate of drug-likeness (QED) is 0.106. The van der Waals surface area contributed by atoms with Gasteiger partial charge in [-0.1, -0.05) is 77.7 Å². The predicted molar refractivity (Wildman–Crippen MR) is 191 cm³/mol. The molecule has 2 aromatic rings. The molecule has 0 saturated carbocycles. The minimum Gasteiger partial charge on any atom is -0.292 e. The fourth-order valence-corrected chi connectivity index (χ4v) is 1.59. The largest absolute Gasteiger partial charge is 0.334 e. The number of nitrogens with zero attached hydrogens (tertiary/aromatic N) is 8. The first-order valence-corrected chi connectivity index (χ1v) is 18.1. The molecular formula is C35H49ClN8Si. The molecule has 0 aromatic carbocycles. The molecule has 0 fully saturated rings. The first-order valence-electron chi connectivity index (χ1n) is 14.0.